The summed E-state index contributed by atoms with van der Waals surface area (Å²) in [7, 11) is 0. The first-order valence-corrected chi connectivity index (χ1v) is 12.4. The van der Waals surface area contributed by atoms with Crippen LogP contribution in [0.2, 0.25) is 10.0 Å². The maximum absolute atomic E-state index is 14.5. The van der Waals surface area contributed by atoms with Gasteiger partial charge in [0.15, 0.2) is 0 Å². The first-order chi connectivity index (χ1) is 16.8. The molecule has 3 aromatic carbocycles. The van der Waals surface area contributed by atoms with Gasteiger partial charge in [-0.3, -0.25) is 9.59 Å². The third-order valence-corrected chi connectivity index (χ3v) is 6.68. The Kier molecular flexibility index (Phi) is 9.70. The molecule has 0 aromatic heterocycles. The van der Waals surface area contributed by atoms with Gasteiger partial charge < -0.3 is 10.2 Å². The molecule has 0 saturated carbocycles. The average Bonchev–Trinajstić information content (AvgIpc) is 2.85. The van der Waals surface area contributed by atoms with Gasteiger partial charge >= 0.3 is 0 Å². The zero-order valence-corrected chi connectivity index (χ0v) is 21.3. The summed E-state index contributed by atoms with van der Waals surface area (Å²) < 4.78 is 14.5. The Labute approximate surface area is 216 Å². The lowest BCUT2D eigenvalue weighted by Gasteiger charge is -2.32. The molecule has 3 aromatic rings. The fourth-order valence-electron chi connectivity index (χ4n) is 3.76. The van der Waals surface area contributed by atoms with E-state index in [9.17, 15) is 14.0 Å². The van der Waals surface area contributed by atoms with Crippen LogP contribution < -0.4 is 5.32 Å². The smallest absolute Gasteiger partial charge is 0.243 e. The summed E-state index contributed by atoms with van der Waals surface area (Å²) >= 11 is 12.6. The number of amides is 2. The summed E-state index contributed by atoms with van der Waals surface area (Å²) in [6.45, 7) is 3.98. The third kappa shape index (κ3) is 7.30. The predicted molar refractivity (Wildman–Crippen MR) is 139 cm³/mol. The lowest BCUT2D eigenvalue weighted by atomic mass is 10.0. The topological polar surface area (TPSA) is 49.4 Å². The number of carbonyl (C=O) groups excluding carboxylic acids is 2. The van der Waals surface area contributed by atoms with E-state index in [0.717, 1.165) is 12.0 Å². The van der Waals surface area contributed by atoms with Crippen molar-refractivity contribution in [2.75, 3.05) is 0 Å². The molecule has 0 aliphatic rings. The van der Waals surface area contributed by atoms with Crippen LogP contribution in [0.3, 0.4) is 0 Å². The Morgan fingerprint density at radius 1 is 0.943 bits per heavy atom. The molecule has 184 valence electrons. The van der Waals surface area contributed by atoms with Crippen molar-refractivity contribution in [3.05, 3.63) is 105 Å². The number of rotatable bonds is 10. The van der Waals surface area contributed by atoms with Gasteiger partial charge in [0.2, 0.25) is 11.8 Å². The molecule has 0 saturated heterocycles. The summed E-state index contributed by atoms with van der Waals surface area (Å²) in [5.41, 5.74) is 1.69. The van der Waals surface area contributed by atoms with E-state index in [1.54, 1.807) is 18.2 Å². The maximum Gasteiger partial charge on any atom is 0.243 e. The fraction of sp³-hybridized carbons (Fsp3) is 0.286. The van der Waals surface area contributed by atoms with E-state index in [0.29, 0.717) is 17.0 Å². The second kappa shape index (κ2) is 12.7. The number of halogens is 3. The standard InChI is InChI=1S/C28H29Cl2FN2O2/c1-3-19(2)32-28(35)26(16-20-10-5-4-6-11-20)33(18-21-12-7-8-13-23(21)29)27(34)17-22-24(30)14-9-15-25(22)31/h4-15,19,26H,3,16-18H2,1-2H3,(H,32,35)/t19-,26+/m0/s1. The molecule has 2 atom stereocenters. The average molecular weight is 515 g/mol. The minimum atomic E-state index is -0.833. The van der Waals surface area contributed by atoms with Crippen molar-refractivity contribution in [3.63, 3.8) is 0 Å². The Morgan fingerprint density at radius 2 is 1.60 bits per heavy atom. The molecule has 0 spiro atoms. The predicted octanol–water partition coefficient (Wildman–Crippen LogP) is 6.23. The van der Waals surface area contributed by atoms with Gasteiger partial charge in [-0.1, -0.05) is 84.7 Å². The fourth-order valence-corrected chi connectivity index (χ4v) is 4.18. The quantitative estimate of drug-likeness (QED) is 0.348. The van der Waals surface area contributed by atoms with Crippen molar-refractivity contribution in [3.8, 4) is 0 Å². The highest BCUT2D eigenvalue weighted by Crippen LogP contribution is 2.24. The largest absolute Gasteiger partial charge is 0.352 e. The van der Waals surface area contributed by atoms with E-state index >= 15 is 0 Å². The summed E-state index contributed by atoms with van der Waals surface area (Å²) in [5, 5.41) is 3.65. The van der Waals surface area contributed by atoms with Crippen LogP contribution in [-0.2, 0) is 29.0 Å². The van der Waals surface area contributed by atoms with Gasteiger partial charge in [0.25, 0.3) is 0 Å². The lowest BCUT2D eigenvalue weighted by Crippen LogP contribution is -2.52. The number of hydrogen-bond acceptors (Lipinski definition) is 2. The van der Waals surface area contributed by atoms with E-state index in [1.165, 1.54) is 17.0 Å². The highest BCUT2D eigenvalue weighted by Gasteiger charge is 2.32. The molecule has 0 bridgehead atoms. The van der Waals surface area contributed by atoms with Gasteiger partial charge in [-0.2, -0.15) is 0 Å². The third-order valence-electron chi connectivity index (χ3n) is 5.96. The van der Waals surface area contributed by atoms with Crippen molar-refractivity contribution >= 4 is 35.0 Å². The Balaban J connectivity index is 2.02. The van der Waals surface area contributed by atoms with Gasteiger partial charge in [-0.25, -0.2) is 4.39 Å². The Hall–Kier alpha value is -2.89. The van der Waals surface area contributed by atoms with E-state index in [4.69, 9.17) is 23.2 Å². The zero-order chi connectivity index (χ0) is 25.4. The molecule has 0 heterocycles. The second-order valence-electron chi connectivity index (χ2n) is 8.51. The molecule has 2 amide bonds. The summed E-state index contributed by atoms with van der Waals surface area (Å²) in [6.07, 6.45) is 0.759. The van der Waals surface area contributed by atoms with Crippen molar-refractivity contribution in [2.45, 2.75) is 51.7 Å². The van der Waals surface area contributed by atoms with Crippen LogP contribution in [0.4, 0.5) is 4.39 Å². The molecular weight excluding hydrogens is 486 g/mol. The molecule has 0 fully saturated rings. The first kappa shape index (κ1) is 26.7. The van der Waals surface area contributed by atoms with Crippen LogP contribution in [0, 0.1) is 5.82 Å². The summed E-state index contributed by atoms with van der Waals surface area (Å²) in [5.74, 6) is -1.26. The SMILES string of the molecule is CC[C@H](C)NC(=O)[C@@H](Cc1ccccc1)N(Cc1ccccc1Cl)C(=O)Cc1c(F)cccc1Cl. The summed E-state index contributed by atoms with van der Waals surface area (Å²) in [4.78, 5) is 28.7. The summed E-state index contributed by atoms with van der Waals surface area (Å²) in [6, 6.07) is 20.1. The van der Waals surface area contributed by atoms with Gasteiger partial charge in [0.05, 0.1) is 6.42 Å². The van der Waals surface area contributed by atoms with Crippen molar-refractivity contribution < 1.29 is 14.0 Å². The minimum absolute atomic E-state index is 0.0703. The van der Waals surface area contributed by atoms with Gasteiger partial charge in [0, 0.05) is 34.6 Å². The molecule has 7 heteroatoms. The second-order valence-corrected chi connectivity index (χ2v) is 9.33. The minimum Gasteiger partial charge on any atom is -0.352 e. The molecule has 0 aliphatic heterocycles. The molecule has 1 N–H and O–H groups in total. The number of nitrogens with zero attached hydrogens (tertiary/aromatic N) is 1. The number of carbonyl (C=O) groups is 2. The van der Waals surface area contributed by atoms with Crippen LogP contribution in [0.15, 0.2) is 72.8 Å². The maximum atomic E-state index is 14.5. The molecule has 0 radical (unpaired) electrons. The van der Waals surface area contributed by atoms with Crippen LogP contribution in [0.5, 0.6) is 0 Å². The Morgan fingerprint density at radius 3 is 2.26 bits per heavy atom. The van der Waals surface area contributed by atoms with Crippen molar-refractivity contribution in [1.29, 1.82) is 0 Å². The number of nitrogens with one attached hydrogen (secondary N) is 1. The molecule has 4 nitrogen and oxygen atoms in total. The molecule has 0 aliphatic carbocycles. The zero-order valence-electron chi connectivity index (χ0n) is 19.8. The van der Waals surface area contributed by atoms with Crippen LogP contribution in [0.1, 0.15) is 37.0 Å². The van der Waals surface area contributed by atoms with Crippen LogP contribution in [0.25, 0.3) is 0 Å². The highest BCUT2D eigenvalue weighted by atomic mass is 35.5. The normalized spacial score (nSPS) is 12.6. The lowest BCUT2D eigenvalue weighted by molar-refractivity contribution is -0.141. The van der Waals surface area contributed by atoms with E-state index in [2.05, 4.69) is 5.32 Å². The van der Waals surface area contributed by atoms with Gasteiger partial charge in [0.1, 0.15) is 11.9 Å². The highest BCUT2D eigenvalue weighted by molar-refractivity contribution is 6.31. The molecule has 0 unspecified atom stereocenters. The molecule has 3 rings (SSSR count). The monoisotopic (exact) mass is 514 g/mol. The van der Waals surface area contributed by atoms with E-state index in [1.807, 2.05) is 56.3 Å². The molecule has 35 heavy (non-hydrogen) atoms. The van der Waals surface area contributed by atoms with Gasteiger partial charge in [-0.05, 0) is 42.7 Å². The number of benzene rings is 3. The molecular formula is C28H29Cl2FN2O2. The van der Waals surface area contributed by atoms with E-state index in [-0.39, 0.29) is 35.5 Å². The first-order valence-electron chi connectivity index (χ1n) is 11.6. The van der Waals surface area contributed by atoms with Crippen LogP contribution in [-0.4, -0.2) is 28.8 Å². The van der Waals surface area contributed by atoms with Gasteiger partial charge in [-0.15, -0.1) is 0 Å². The van der Waals surface area contributed by atoms with E-state index < -0.39 is 17.8 Å². The van der Waals surface area contributed by atoms with Crippen molar-refractivity contribution in [1.82, 2.24) is 10.2 Å². The van der Waals surface area contributed by atoms with Crippen LogP contribution >= 0.6 is 23.2 Å². The van der Waals surface area contributed by atoms with Crippen molar-refractivity contribution in [2.24, 2.45) is 0 Å². The number of hydrogen-bond donors (Lipinski definition) is 1. The Bertz CT molecular complexity index is 1140.